The van der Waals surface area contributed by atoms with Gasteiger partial charge < -0.3 is 19.7 Å². The van der Waals surface area contributed by atoms with Crippen molar-refractivity contribution in [3.63, 3.8) is 0 Å². The Kier molecular flexibility index (Phi) is 7.39. The molecule has 1 amide bonds. The maximum atomic E-state index is 12.5. The highest BCUT2D eigenvalue weighted by atomic mass is 32.1. The van der Waals surface area contributed by atoms with E-state index in [1.54, 1.807) is 43.5 Å². The van der Waals surface area contributed by atoms with Gasteiger partial charge in [-0.15, -0.1) is 10.2 Å². The second kappa shape index (κ2) is 10.6. The lowest BCUT2D eigenvalue weighted by Gasteiger charge is -2.40. The normalized spacial score (nSPS) is 16.2. The van der Waals surface area contributed by atoms with Crippen LogP contribution >= 0.6 is 11.3 Å². The molecule has 1 fully saturated rings. The predicted molar refractivity (Wildman–Crippen MR) is 131 cm³/mol. The fourth-order valence-corrected chi connectivity index (χ4v) is 4.59. The van der Waals surface area contributed by atoms with Crippen molar-refractivity contribution in [1.82, 2.24) is 15.1 Å². The fourth-order valence-electron chi connectivity index (χ4n) is 3.83. The number of anilines is 2. The zero-order valence-corrected chi connectivity index (χ0v) is 20.2. The molecule has 1 saturated heterocycles. The standard InChI is InChI=1S/C24H27N5O4S/c1-16-14-29(19-8-4-17(5-9-19)24(31)33-3)13-12-28(16)15-21-26-27-23(34-21)22(30)25-18-6-10-20(32-2)11-7-18/h4-11,16H,12-15H2,1-3H3,(H,25,30). The molecule has 2 aromatic carbocycles. The number of aromatic nitrogens is 2. The van der Waals surface area contributed by atoms with Gasteiger partial charge in [0.15, 0.2) is 0 Å². The fraction of sp³-hybridized carbons (Fsp3) is 0.333. The number of esters is 1. The molecule has 1 unspecified atom stereocenters. The Labute approximate surface area is 202 Å². The molecule has 10 heteroatoms. The van der Waals surface area contributed by atoms with E-state index in [9.17, 15) is 9.59 Å². The SMILES string of the molecule is COC(=O)c1ccc(N2CCN(Cc3nnc(C(=O)Nc4ccc(OC)cc4)s3)C(C)C2)cc1. The van der Waals surface area contributed by atoms with Gasteiger partial charge in [-0.2, -0.15) is 0 Å². The summed E-state index contributed by atoms with van der Waals surface area (Å²) in [7, 11) is 2.98. The van der Waals surface area contributed by atoms with E-state index >= 15 is 0 Å². The van der Waals surface area contributed by atoms with Crippen molar-refractivity contribution < 1.29 is 19.1 Å². The summed E-state index contributed by atoms with van der Waals surface area (Å²) >= 11 is 1.31. The summed E-state index contributed by atoms with van der Waals surface area (Å²) in [6.45, 7) is 5.37. The lowest BCUT2D eigenvalue weighted by atomic mass is 10.1. The lowest BCUT2D eigenvalue weighted by Crippen LogP contribution is -2.51. The van der Waals surface area contributed by atoms with Crippen LogP contribution in [-0.4, -0.2) is 66.9 Å². The number of nitrogens with one attached hydrogen (secondary N) is 1. The molecule has 34 heavy (non-hydrogen) atoms. The smallest absolute Gasteiger partial charge is 0.337 e. The van der Waals surface area contributed by atoms with Crippen molar-refractivity contribution in [2.45, 2.75) is 19.5 Å². The summed E-state index contributed by atoms with van der Waals surface area (Å²) in [5.74, 6) is 0.115. The van der Waals surface area contributed by atoms with Gasteiger partial charge in [-0.05, 0) is 55.5 Å². The van der Waals surface area contributed by atoms with Crippen molar-refractivity contribution in [3.8, 4) is 5.75 Å². The number of benzene rings is 2. The van der Waals surface area contributed by atoms with E-state index in [4.69, 9.17) is 9.47 Å². The molecule has 1 aliphatic rings. The third kappa shape index (κ3) is 5.52. The molecule has 178 valence electrons. The second-order valence-corrected chi connectivity index (χ2v) is 9.05. The zero-order chi connectivity index (χ0) is 24.1. The van der Waals surface area contributed by atoms with Crippen LogP contribution in [0.3, 0.4) is 0 Å². The first-order valence-electron chi connectivity index (χ1n) is 10.9. The van der Waals surface area contributed by atoms with E-state index in [1.165, 1.54) is 18.4 Å². The number of piperazine rings is 1. The molecule has 0 spiro atoms. The Hall–Kier alpha value is -3.50. The van der Waals surface area contributed by atoms with Crippen molar-refractivity contribution in [2.24, 2.45) is 0 Å². The molecule has 0 aliphatic carbocycles. The summed E-state index contributed by atoms with van der Waals surface area (Å²) in [6.07, 6.45) is 0. The average molecular weight is 482 g/mol. The highest BCUT2D eigenvalue weighted by molar-refractivity contribution is 7.13. The topological polar surface area (TPSA) is 96.9 Å². The molecular weight excluding hydrogens is 454 g/mol. The minimum atomic E-state index is -0.334. The van der Waals surface area contributed by atoms with Gasteiger partial charge in [-0.3, -0.25) is 9.69 Å². The molecule has 9 nitrogen and oxygen atoms in total. The maximum Gasteiger partial charge on any atom is 0.337 e. The van der Waals surface area contributed by atoms with Crippen LogP contribution in [0.25, 0.3) is 0 Å². The third-order valence-electron chi connectivity index (χ3n) is 5.77. The zero-order valence-electron chi connectivity index (χ0n) is 19.4. The monoisotopic (exact) mass is 481 g/mol. The lowest BCUT2D eigenvalue weighted by molar-refractivity contribution is 0.0600. The minimum Gasteiger partial charge on any atom is -0.497 e. The van der Waals surface area contributed by atoms with Crippen molar-refractivity contribution in [1.29, 1.82) is 0 Å². The van der Waals surface area contributed by atoms with E-state index in [0.29, 0.717) is 22.8 Å². The molecule has 4 rings (SSSR count). The first-order valence-corrected chi connectivity index (χ1v) is 11.7. The molecule has 3 aromatic rings. The van der Waals surface area contributed by atoms with E-state index in [2.05, 4.69) is 32.2 Å². The minimum absolute atomic E-state index is 0.276. The number of nitrogens with zero attached hydrogens (tertiary/aromatic N) is 4. The molecule has 0 radical (unpaired) electrons. The molecule has 1 N–H and O–H groups in total. The Morgan fingerprint density at radius 1 is 1.06 bits per heavy atom. The van der Waals surface area contributed by atoms with Gasteiger partial charge in [0.2, 0.25) is 5.01 Å². The van der Waals surface area contributed by atoms with Crippen LogP contribution in [0.15, 0.2) is 48.5 Å². The number of amides is 1. The van der Waals surface area contributed by atoms with Crippen LogP contribution in [-0.2, 0) is 11.3 Å². The summed E-state index contributed by atoms with van der Waals surface area (Å²) in [4.78, 5) is 28.8. The van der Waals surface area contributed by atoms with Crippen LogP contribution in [0.4, 0.5) is 11.4 Å². The van der Waals surface area contributed by atoms with Crippen LogP contribution in [0.2, 0.25) is 0 Å². The summed E-state index contributed by atoms with van der Waals surface area (Å²) in [6, 6.07) is 14.9. The molecule has 1 aliphatic heterocycles. The number of ether oxygens (including phenoxy) is 2. The summed E-state index contributed by atoms with van der Waals surface area (Å²) in [5, 5.41) is 12.3. The molecule has 1 aromatic heterocycles. The predicted octanol–water partition coefficient (Wildman–Crippen LogP) is 3.30. The number of carbonyl (C=O) groups excluding carboxylic acids is 2. The van der Waals surface area contributed by atoms with Crippen LogP contribution < -0.4 is 15.0 Å². The van der Waals surface area contributed by atoms with Crippen LogP contribution in [0.5, 0.6) is 5.75 Å². The second-order valence-electron chi connectivity index (χ2n) is 7.99. The quantitative estimate of drug-likeness (QED) is 0.514. The highest BCUT2D eigenvalue weighted by Crippen LogP contribution is 2.23. The van der Waals surface area contributed by atoms with Gasteiger partial charge in [0.25, 0.3) is 5.91 Å². The van der Waals surface area contributed by atoms with Gasteiger partial charge in [0.1, 0.15) is 10.8 Å². The molecule has 0 bridgehead atoms. The van der Waals surface area contributed by atoms with Gasteiger partial charge in [-0.1, -0.05) is 11.3 Å². The molecule has 2 heterocycles. The van der Waals surface area contributed by atoms with Gasteiger partial charge in [-0.25, -0.2) is 4.79 Å². The Balaban J connectivity index is 1.32. The largest absolute Gasteiger partial charge is 0.497 e. The van der Waals surface area contributed by atoms with Crippen LogP contribution in [0.1, 0.15) is 32.1 Å². The number of hydrogen-bond acceptors (Lipinski definition) is 9. The average Bonchev–Trinajstić information content (AvgIpc) is 3.34. The molecule has 1 atom stereocenters. The first kappa shape index (κ1) is 23.7. The van der Waals surface area contributed by atoms with E-state index < -0.39 is 0 Å². The summed E-state index contributed by atoms with van der Waals surface area (Å²) in [5.41, 5.74) is 2.29. The van der Waals surface area contributed by atoms with Gasteiger partial charge in [0, 0.05) is 37.1 Å². The Bertz CT molecular complexity index is 1130. The van der Waals surface area contributed by atoms with Crippen molar-refractivity contribution in [3.05, 3.63) is 64.1 Å². The van der Waals surface area contributed by atoms with Crippen molar-refractivity contribution >= 4 is 34.6 Å². The number of hydrogen-bond donors (Lipinski definition) is 1. The molecule has 0 saturated carbocycles. The maximum absolute atomic E-state index is 12.5. The Morgan fingerprint density at radius 3 is 2.44 bits per heavy atom. The third-order valence-corrected chi connectivity index (χ3v) is 6.67. The van der Waals surface area contributed by atoms with Gasteiger partial charge >= 0.3 is 5.97 Å². The Morgan fingerprint density at radius 2 is 1.79 bits per heavy atom. The van der Waals surface area contributed by atoms with E-state index in [-0.39, 0.29) is 17.9 Å². The van der Waals surface area contributed by atoms with Gasteiger partial charge in [0.05, 0.1) is 26.3 Å². The number of methoxy groups -OCH3 is 2. The van der Waals surface area contributed by atoms with E-state index in [0.717, 1.165) is 36.1 Å². The molecular formula is C24H27N5O4S. The number of carbonyl (C=O) groups is 2. The summed E-state index contributed by atoms with van der Waals surface area (Å²) < 4.78 is 9.90. The van der Waals surface area contributed by atoms with Crippen LogP contribution in [0, 0.1) is 0 Å². The van der Waals surface area contributed by atoms with E-state index in [1.807, 2.05) is 12.1 Å². The van der Waals surface area contributed by atoms with Crippen molar-refractivity contribution in [2.75, 3.05) is 44.1 Å². The number of rotatable bonds is 7. The highest BCUT2D eigenvalue weighted by Gasteiger charge is 2.25. The first-order chi connectivity index (χ1) is 16.5.